The van der Waals surface area contributed by atoms with Crippen LogP contribution in [0, 0.1) is 11.6 Å². The van der Waals surface area contributed by atoms with Crippen molar-refractivity contribution in [3.05, 3.63) is 99.7 Å². The molecule has 9 heteroatoms. The standard InChI is InChI=1S/C26H24BrF2N3O3/c27-20-7-4-19(23(28)13-20)6-9-26-31-21(17-35-26)16-34-22-8-5-18(24(29)14-22)3-1-2-11-32-12-10-30-25(32)15-33/h4-10,12-14,17,33H,1-3,11,15-16H2/b9-6+. The Kier molecular flexibility index (Phi) is 8.44. The maximum absolute atomic E-state index is 14.5. The number of aliphatic hydroxyl groups excluding tert-OH is 1. The third kappa shape index (κ3) is 6.86. The molecular formula is C26H24BrF2N3O3. The van der Waals surface area contributed by atoms with Gasteiger partial charge in [0.05, 0.1) is 0 Å². The van der Waals surface area contributed by atoms with Crippen LogP contribution < -0.4 is 4.74 Å². The summed E-state index contributed by atoms with van der Waals surface area (Å²) in [7, 11) is 0. The zero-order valence-electron chi connectivity index (χ0n) is 18.8. The van der Waals surface area contributed by atoms with Gasteiger partial charge in [-0.25, -0.2) is 18.7 Å². The number of rotatable bonds is 11. The van der Waals surface area contributed by atoms with Crippen LogP contribution in [0.15, 0.2) is 63.9 Å². The Bertz CT molecular complexity index is 1300. The van der Waals surface area contributed by atoms with Crippen molar-refractivity contribution < 1.29 is 23.0 Å². The van der Waals surface area contributed by atoms with Crippen molar-refractivity contribution in [2.75, 3.05) is 0 Å². The van der Waals surface area contributed by atoms with Crippen LogP contribution in [-0.2, 0) is 26.2 Å². The highest BCUT2D eigenvalue weighted by atomic mass is 79.9. The summed E-state index contributed by atoms with van der Waals surface area (Å²) in [4.78, 5) is 8.36. The van der Waals surface area contributed by atoms with Crippen molar-refractivity contribution in [3.63, 3.8) is 0 Å². The van der Waals surface area contributed by atoms with Crippen LogP contribution in [0.4, 0.5) is 8.78 Å². The van der Waals surface area contributed by atoms with Crippen molar-refractivity contribution >= 4 is 28.1 Å². The van der Waals surface area contributed by atoms with Gasteiger partial charge in [0.2, 0.25) is 5.89 Å². The molecular weight excluding hydrogens is 520 g/mol. The summed E-state index contributed by atoms with van der Waals surface area (Å²) < 4.78 is 42.0. The van der Waals surface area contributed by atoms with E-state index in [1.165, 1.54) is 18.4 Å². The first-order chi connectivity index (χ1) is 17.0. The van der Waals surface area contributed by atoms with Gasteiger partial charge in [0.25, 0.3) is 0 Å². The van der Waals surface area contributed by atoms with Crippen molar-refractivity contribution in [1.29, 1.82) is 0 Å². The largest absolute Gasteiger partial charge is 0.487 e. The van der Waals surface area contributed by atoms with Crippen LogP contribution in [0.2, 0.25) is 0 Å². The van der Waals surface area contributed by atoms with E-state index in [2.05, 4.69) is 25.9 Å². The van der Waals surface area contributed by atoms with E-state index in [1.54, 1.807) is 42.6 Å². The molecule has 2 heterocycles. The minimum Gasteiger partial charge on any atom is -0.487 e. The van der Waals surface area contributed by atoms with Gasteiger partial charge in [-0.1, -0.05) is 28.1 Å². The lowest BCUT2D eigenvalue weighted by molar-refractivity contribution is 0.264. The molecule has 0 radical (unpaired) electrons. The summed E-state index contributed by atoms with van der Waals surface area (Å²) in [6.07, 6.45) is 10.3. The summed E-state index contributed by atoms with van der Waals surface area (Å²) in [5, 5.41) is 9.24. The molecule has 0 fully saturated rings. The van der Waals surface area contributed by atoms with Gasteiger partial charge >= 0.3 is 0 Å². The van der Waals surface area contributed by atoms with Crippen LogP contribution in [0.25, 0.3) is 12.2 Å². The molecule has 0 saturated heterocycles. The molecule has 2 aromatic carbocycles. The number of ether oxygens (including phenoxy) is 1. The number of nitrogens with zero attached hydrogens (tertiary/aromatic N) is 3. The number of aliphatic hydroxyl groups is 1. The number of oxazole rings is 1. The van der Waals surface area contributed by atoms with Crippen molar-refractivity contribution in [2.24, 2.45) is 0 Å². The van der Waals surface area contributed by atoms with E-state index in [9.17, 15) is 13.9 Å². The predicted molar refractivity (Wildman–Crippen MR) is 131 cm³/mol. The van der Waals surface area contributed by atoms with E-state index >= 15 is 0 Å². The van der Waals surface area contributed by atoms with E-state index in [0.717, 1.165) is 19.4 Å². The second-order valence-corrected chi connectivity index (χ2v) is 8.79. The first-order valence-corrected chi connectivity index (χ1v) is 11.9. The monoisotopic (exact) mass is 543 g/mol. The highest BCUT2D eigenvalue weighted by Gasteiger charge is 2.08. The van der Waals surface area contributed by atoms with E-state index in [0.29, 0.717) is 45.2 Å². The average Bonchev–Trinajstić information content (AvgIpc) is 3.50. The molecule has 0 aliphatic rings. The zero-order chi connectivity index (χ0) is 24.6. The Balaban J connectivity index is 1.25. The molecule has 0 spiro atoms. The van der Waals surface area contributed by atoms with Crippen LogP contribution in [0.5, 0.6) is 5.75 Å². The smallest absolute Gasteiger partial charge is 0.218 e. The van der Waals surface area contributed by atoms with Crippen LogP contribution in [0.1, 0.15) is 41.4 Å². The van der Waals surface area contributed by atoms with Gasteiger partial charge < -0.3 is 18.8 Å². The molecule has 35 heavy (non-hydrogen) atoms. The van der Waals surface area contributed by atoms with Gasteiger partial charge in [-0.05, 0) is 49.1 Å². The topological polar surface area (TPSA) is 73.3 Å². The van der Waals surface area contributed by atoms with Gasteiger partial charge in [0.1, 0.15) is 48.4 Å². The van der Waals surface area contributed by atoms with E-state index in [1.807, 2.05) is 10.8 Å². The molecule has 6 nitrogen and oxygen atoms in total. The summed E-state index contributed by atoms with van der Waals surface area (Å²) in [6.45, 7) is 0.744. The number of hydrogen-bond acceptors (Lipinski definition) is 5. The Morgan fingerprint density at radius 2 is 1.97 bits per heavy atom. The van der Waals surface area contributed by atoms with Gasteiger partial charge in [-0.3, -0.25) is 0 Å². The van der Waals surface area contributed by atoms with E-state index in [-0.39, 0.29) is 24.8 Å². The van der Waals surface area contributed by atoms with Gasteiger partial charge in [0.15, 0.2) is 0 Å². The molecule has 0 saturated carbocycles. The summed E-state index contributed by atoms with van der Waals surface area (Å²) in [5.41, 5.74) is 1.57. The normalized spacial score (nSPS) is 11.4. The molecule has 4 rings (SSSR count). The summed E-state index contributed by atoms with van der Waals surface area (Å²) >= 11 is 3.22. The van der Waals surface area contributed by atoms with Crippen LogP contribution in [-0.4, -0.2) is 19.6 Å². The fourth-order valence-electron chi connectivity index (χ4n) is 3.53. The van der Waals surface area contributed by atoms with E-state index in [4.69, 9.17) is 9.15 Å². The Labute approximate surface area is 210 Å². The lowest BCUT2D eigenvalue weighted by Gasteiger charge is -2.08. The van der Waals surface area contributed by atoms with Gasteiger partial charge in [-0.15, -0.1) is 0 Å². The first kappa shape index (κ1) is 24.8. The molecule has 0 atom stereocenters. The maximum Gasteiger partial charge on any atom is 0.218 e. The fourth-order valence-corrected chi connectivity index (χ4v) is 3.87. The van der Waals surface area contributed by atoms with Gasteiger partial charge in [0, 0.05) is 41.1 Å². The van der Waals surface area contributed by atoms with Gasteiger partial charge in [-0.2, -0.15) is 0 Å². The van der Waals surface area contributed by atoms with Crippen LogP contribution >= 0.6 is 15.9 Å². The molecule has 182 valence electrons. The third-order valence-corrected chi connectivity index (χ3v) is 5.88. The third-order valence-electron chi connectivity index (χ3n) is 5.39. The number of imidazole rings is 1. The lowest BCUT2D eigenvalue weighted by atomic mass is 10.1. The van der Waals surface area contributed by atoms with E-state index < -0.39 is 0 Å². The highest BCUT2D eigenvalue weighted by molar-refractivity contribution is 9.10. The number of aryl methyl sites for hydroxylation is 2. The minimum absolute atomic E-state index is 0.0958. The van der Waals surface area contributed by atoms with Crippen LogP contribution in [0.3, 0.4) is 0 Å². The maximum atomic E-state index is 14.5. The molecule has 4 aromatic rings. The molecule has 1 N–H and O–H groups in total. The Morgan fingerprint density at radius 3 is 2.77 bits per heavy atom. The second kappa shape index (κ2) is 11.9. The lowest BCUT2D eigenvalue weighted by Crippen LogP contribution is -2.03. The zero-order valence-corrected chi connectivity index (χ0v) is 20.4. The molecule has 0 bridgehead atoms. The predicted octanol–water partition coefficient (Wildman–Crippen LogP) is 6.18. The summed E-state index contributed by atoms with van der Waals surface area (Å²) in [5.74, 6) is 0.668. The van der Waals surface area contributed by atoms with Crippen molar-refractivity contribution in [2.45, 2.75) is 39.0 Å². The van der Waals surface area contributed by atoms with Crippen molar-refractivity contribution in [1.82, 2.24) is 14.5 Å². The SMILES string of the molecule is OCc1nccn1CCCCc1ccc(OCc2coc(/C=C/c3ccc(Br)cc3F)n2)cc1F. The highest BCUT2D eigenvalue weighted by Crippen LogP contribution is 2.21. The average molecular weight is 544 g/mol. The van der Waals surface area contributed by atoms with Crippen molar-refractivity contribution in [3.8, 4) is 5.75 Å². The summed E-state index contributed by atoms with van der Waals surface area (Å²) in [6, 6.07) is 9.60. The molecule has 0 aliphatic carbocycles. The first-order valence-electron chi connectivity index (χ1n) is 11.1. The minimum atomic E-state index is -0.356. The number of hydrogen-bond donors (Lipinski definition) is 1. The number of unbranched alkanes of at least 4 members (excludes halogenated alkanes) is 1. The second-order valence-electron chi connectivity index (χ2n) is 7.87. The fraction of sp³-hybridized carbons (Fsp3) is 0.231. The molecule has 2 aromatic heterocycles. The molecule has 0 amide bonds. The molecule has 0 aliphatic heterocycles. The Morgan fingerprint density at radius 1 is 1.09 bits per heavy atom. The Hall–Kier alpha value is -3.30. The quantitative estimate of drug-likeness (QED) is 0.229. The molecule has 0 unspecified atom stereocenters. The number of halogens is 3. The number of aromatic nitrogens is 3. The number of benzene rings is 2.